The third-order valence-corrected chi connectivity index (χ3v) is 3.88. The molecular weight excluding hydrogens is 326 g/mol. The maximum absolute atomic E-state index is 13.9. The summed E-state index contributed by atoms with van der Waals surface area (Å²) in [7, 11) is 0. The predicted octanol–water partition coefficient (Wildman–Crippen LogP) is 3.33. The molecule has 0 heterocycles. The second-order valence-corrected chi connectivity index (χ2v) is 5.72. The Morgan fingerprint density at radius 3 is 2.48 bits per heavy atom. The second-order valence-electron chi connectivity index (χ2n) is 5.72. The maximum atomic E-state index is 13.9. The summed E-state index contributed by atoms with van der Waals surface area (Å²) >= 11 is 0. The van der Waals surface area contributed by atoms with Gasteiger partial charge in [0.1, 0.15) is 11.6 Å². The molecule has 0 bridgehead atoms. The molecule has 0 spiro atoms. The number of benzene rings is 2. The van der Waals surface area contributed by atoms with Crippen LogP contribution in [-0.4, -0.2) is 18.4 Å². The van der Waals surface area contributed by atoms with Crippen LogP contribution in [0.2, 0.25) is 0 Å². The molecule has 0 saturated carbocycles. The Labute approximate surface area is 145 Å². The molecule has 0 saturated heterocycles. The highest BCUT2D eigenvalue weighted by Crippen LogP contribution is 2.20. The fraction of sp³-hybridized carbons (Fsp3) is 0.263. The zero-order valence-corrected chi connectivity index (χ0v) is 14.2. The molecule has 0 aliphatic heterocycles. The standard InChI is InChI=1S/C19H20F2N2O2/c1-13-5-3-4-6-15(13)12-22-19(25)9-10-23(14(2)24)18-8-7-16(20)11-17(18)21/h3-8,11H,9-10,12H2,1-2H3,(H,22,25). The summed E-state index contributed by atoms with van der Waals surface area (Å²) in [4.78, 5) is 24.9. The number of halogens is 2. The minimum absolute atomic E-state index is 0.0114. The Balaban J connectivity index is 1.95. The first-order valence-electron chi connectivity index (χ1n) is 7.93. The monoisotopic (exact) mass is 346 g/mol. The highest BCUT2D eigenvalue weighted by atomic mass is 19.1. The first kappa shape index (κ1) is 18.6. The van der Waals surface area contributed by atoms with Crippen LogP contribution in [0.3, 0.4) is 0 Å². The molecule has 0 radical (unpaired) electrons. The minimum atomic E-state index is -0.837. The number of aryl methyl sites for hydroxylation is 1. The number of hydrogen-bond acceptors (Lipinski definition) is 2. The normalized spacial score (nSPS) is 10.4. The number of nitrogens with one attached hydrogen (secondary N) is 1. The van der Waals surface area contributed by atoms with Crippen LogP contribution in [0.25, 0.3) is 0 Å². The van der Waals surface area contributed by atoms with E-state index in [4.69, 9.17) is 0 Å². The fourth-order valence-corrected chi connectivity index (χ4v) is 2.45. The van der Waals surface area contributed by atoms with Crippen LogP contribution in [0.5, 0.6) is 0 Å². The summed E-state index contributed by atoms with van der Waals surface area (Å²) in [5, 5.41) is 2.78. The van der Waals surface area contributed by atoms with Gasteiger partial charge in [-0.1, -0.05) is 24.3 Å². The average molecular weight is 346 g/mol. The quantitative estimate of drug-likeness (QED) is 0.872. The third kappa shape index (κ3) is 5.11. The van der Waals surface area contributed by atoms with Crippen molar-refractivity contribution < 1.29 is 18.4 Å². The van der Waals surface area contributed by atoms with Crippen LogP contribution < -0.4 is 10.2 Å². The first-order chi connectivity index (χ1) is 11.9. The molecule has 132 valence electrons. The molecule has 0 aliphatic rings. The van der Waals surface area contributed by atoms with E-state index in [2.05, 4.69) is 5.32 Å². The lowest BCUT2D eigenvalue weighted by atomic mass is 10.1. The maximum Gasteiger partial charge on any atom is 0.223 e. The van der Waals surface area contributed by atoms with Gasteiger partial charge in [-0.05, 0) is 30.2 Å². The molecule has 0 unspecified atom stereocenters. The lowest BCUT2D eigenvalue weighted by molar-refractivity contribution is -0.121. The van der Waals surface area contributed by atoms with Crippen molar-refractivity contribution in [3.8, 4) is 0 Å². The summed E-state index contributed by atoms with van der Waals surface area (Å²) in [6, 6.07) is 10.7. The Bertz CT molecular complexity index is 778. The summed E-state index contributed by atoms with van der Waals surface area (Å²) in [6.07, 6.45) is 0.0161. The summed E-state index contributed by atoms with van der Waals surface area (Å²) in [6.45, 7) is 3.62. The van der Waals surface area contributed by atoms with Crippen molar-refractivity contribution >= 4 is 17.5 Å². The molecule has 2 amide bonds. The predicted molar refractivity (Wildman–Crippen MR) is 92.0 cm³/mol. The van der Waals surface area contributed by atoms with Gasteiger partial charge >= 0.3 is 0 Å². The number of carbonyl (C=O) groups excluding carboxylic acids is 2. The first-order valence-corrected chi connectivity index (χ1v) is 7.93. The molecule has 2 aromatic rings. The van der Waals surface area contributed by atoms with Gasteiger partial charge in [-0.3, -0.25) is 9.59 Å². The van der Waals surface area contributed by atoms with Gasteiger partial charge in [-0.2, -0.15) is 0 Å². The van der Waals surface area contributed by atoms with Crippen molar-refractivity contribution in [2.24, 2.45) is 0 Å². The summed E-state index contributed by atoms with van der Waals surface area (Å²) in [5.41, 5.74) is 2.03. The van der Waals surface area contributed by atoms with E-state index < -0.39 is 17.5 Å². The van der Waals surface area contributed by atoms with Crippen LogP contribution >= 0.6 is 0 Å². The molecule has 25 heavy (non-hydrogen) atoms. The van der Waals surface area contributed by atoms with E-state index >= 15 is 0 Å². The topological polar surface area (TPSA) is 49.4 Å². The van der Waals surface area contributed by atoms with Gasteiger partial charge < -0.3 is 10.2 Å². The van der Waals surface area contributed by atoms with Crippen LogP contribution in [-0.2, 0) is 16.1 Å². The third-order valence-electron chi connectivity index (χ3n) is 3.88. The van der Waals surface area contributed by atoms with Gasteiger partial charge in [0, 0.05) is 32.5 Å². The van der Waals surface area contributed by atoms with Crippen molar-refractivity contribution in [2.45, 2.75) is 26.8 Å². The molecule has 0 fully saturated rings. The second kappa shape index (κ2) is 8.37. The highest BCUT2D eigenvalue weighted by Gasteiger charge is 2.17. The van der Waals surface area contributed by atoms with Crippen molar-refractivity contribution in [3.63, 3.8) is 0 Å². The molecule has 4 nitrogen and oxygen atoms in total. The van der Waals surface area contributed by atoms with Gasteiger partial charge in [0.2, 0.25) is 11.8 Å². The van der Waals surface area contributed by atoms with Crippen LogP contribution in [0.4, 0.5) is 14.5 Å². The summed E-state index contributed by atoms with van der Waals surface area (Å²) < 4.78 is 26.9. The number of hydrogen-bond donors (Lipinski definition) is 1. The molecule has 0 aliphatic carbocycles. The van der Waals surface area contributed by atoms with Crippen LogP contribution in [0, 0.1) is 18.6 Å². The van der Waals surface area contributed by atoms with E-state index in [-0.39, 0.29) is 24.6 Å². The van der Waals surface area contributed by atoms with Crippen LogP contribution in [0.15, 0.2) is 42.5 Å². The van der Waals surface area contributed by atoms with E-state index in [9.17, 15) is 18.4 Å². The van der Waals surface area contributed by atoms with Gasteiger partial charge in [0.05, 0.1) is 5.69 Å². The van der Waals surface area contributed by atoms with Gasteiger partial charge in [-0.15, -0.1) is 0 Å². The lowest BCUT2D eigenvalue weighted by Crippen LogP contribution is -2.34. The SMILES string of the molecule is CC(=O)N(CCC(=O)NCc1ccccc1C)c1ccc(F)cc1F. The Kier molecular flexibility index (Phi) is 6.22. The van der Waals surface area contributed by atoms with E-state index in [1.807, 2.05) is 31.2 Å². The molecule has 0 aromatic heterocycles. The van der Waals surface area contributed by atoms with Crippen molar-refractivity contribution in [1.29, 1.82) is 0 Å². The highest BCUT2D eigenvalue weighted by molar-refractivity contribution is 5.92. The van der Waals surface area contributed by atoms with Crippen molar-refractivity contribution in [3.05, 3.63) is 65.2 Å². The molecule has 2 aromatic carbocycles. The van der Waals surface area contributed by atoms with Gasteiger partial charge in [0.25, 0.3) is 0 Å². The number of anilines is 1. The Morgan fingerprint density at radius 2 is 1.84 bits per heavy atom. The van der Waals surface area contributed by atoms with Gasteiger partial charge in [-0.25, -0.2) is 8.78 Å². The smallest absolute Gasteiger partial charge is 0.223 e. The molecule has 0 atom stereocenters. The van der Waals surface area contributed by atoms with E-state index in [1.165, 1.54) is 13.0 Å². The summed E-state index contributed by atoms with van der Waals surface area (Å²) in [5.74, 6) is -2.23. The van der Waals surface area contributed by atoms with E-state index in [0.717, 1.165) is 22.1 Å². The molecule has 1 N–H and O–H groups in total. The van der Waals surface area contributed by atoms with E-state index in [0.29, 0.717) is 12.6 Å². The number of rotatable bonds is 6. The Hall–Kier alpha value is -2.76. The zero-order valence-electron chi connectivity index (χ0n) is 14.2. The number of carbonyl (C=O) groups is 2. The fourth-order valence-electron chi connectivity index (χ4n) is 2.45. The Morgan fingerprint density at radius 1 is 1.12 bits per heavy atom. The molecule has 6 heteroatoms. The van der Waals surface area contributed by atoms with Gasteiger partial charge in [0.15, 0.2) is 0 Å². The number of nitrogens with zero attached hydrogens (tertiary/aromatic N) is 1. The lowest BCUT2D eigenvalue weighted by Gasteiger charge is -2.21. The largest absolute Gasteiger partial charge is 0.352 e. The minimum Gasteiger partial charge on any atom is -0.352 e. The number of amides is 2. The van der Waals surface area contributed by atoms with E-state index in [1.54, 1.807) is 0 Å². The zero-order chi connectivity index (χ0) is 18.4. The van der Waals surface area contributed by atoms with Crippen LogP contribution in [0.1, 0.15) is 24.5 Å². The average Bonchev–Trinajstić information content (AvgIpc) is 2.55. The molecule has 2 rings (SSSR count). The van der Waals surface area contributed by atoms with Crippen molar-refractivity contribution in [2.75, 3.05) is 11.4 Å². The molecular formula is C19H20F2N2O2. The van der Waals surface area contributed by atoms with Crippen molar-refractivity contribution in [1.82, 2.24) is 5.32 Å².